The van der Waals surface area contributed by atoms with E-state index in [4.69, 9.17) is 5.11 Å². The van der Waals surface area contributed by atoms with E-state index in [9.17, 15) is 14.0 Å². The van der Waals surface area contributed by atoms with Crippen LogP contribution in [0.2, 0.25) is 0 Å². The van der Waals surface area contributed by atoms with Gasteiger partial charge in [0.15, 0.2) is 0 Å². The highest BCUT2D eigenvalue weighted by atomic mass is 19.1. The number of carboxylic acid groups (broad SMARTS) is 1. The molecular weight excluding hydrogens is 251 g/mol. The van der Waals surface area contributed by atoms with Crippen LogP contribution < -0.4 is 10.6 Å². The Balaban J connectivity index is 1.91. The second-order valence-corrected chi connectivity index (χ2v) is 4.88. The molecule has 3 N–H and O–H groups in total. The van der Waals surface area contributed by atoms with Gasteiger partial charge in [0, 0.05) is 6.54 Å². The van der Waals surface area contributed by atoms with E-state index in [0.717, 1.165) is 5.56 Å². The molecule has 0 heterocycles. The van der Waals surface area contributed by atoms with E-state index in [1.54, 1.807) is 13.0 Å². The maximum Gasteiger partial charge on any atom is 0.319 e. The van der Waals surface area contributed by atoms with Gasteiger partial charge in [0.25, 0.3) is 0 Å². The lowest BCUT2D eigenvalue weighted by Gasteiger charge is -2.12. The summed E-state index contributed by atoms with van der Waals surface area (Å²) in [6.07, 6.45) is 1.11. The molecule has 0 radical (unpaired) electrons. The summed E-state index contributed by atoms with van der Waals surface area (Å²) in [5.74, 6) is -1.44. The predicted octanol–water partition coefficient (Wildman–Crippen LogP) is 2.12. The highest BCUT2D eigenvalue weighted by molar-refractivity contribution is 5.90. The minimum Gasteiger partial charge on any atom is -0.481 e. The van der Waals surface area contributed by atoms with Crippen LogP contribution in [-0.2, 0) is 4.79 Å². The van der Waals surface area contributed by atoms with Crippen molar-refractivity contribution in [3.05, 3.63) is 29.6 Å². The standard InChI is InChI=1S/C13H15FN2O3/c1-8-2-3-9(14)10(6-8)16-12(19)15-7-13(4-5-13)11(17)18/h2-3,6H,4-5,7H2,1H3,(H,17,18)(H2,15,16,19). The zero-order valence-electron chi connectivity index (χ0n) is 10.5. The van der Waals surface area contributed by atoms with Gasteiger partial charge < -0.3 is 15.7 Å². The molecule has 0 unspecified atom stereocenters. The zero-order chi connectivity index (χ0) is 14.0. The molecule has 1 saturated carbocycles. The quantitative estimate of drug-likeness (QED) is 0.781. The number of nitrogens with one attached hydrogen (secondary N) is 2. The SMILES string of the molecule is Cc1ccc(F)c(NC(=O)NCC2(C(=O)O)CC2)c1. The largest absolute Gasteiger partial charge is 0.481 e. The Hall–Kier alpha value is -2.11. The summed E-state index contributed by atoms with van der Waals surface area (Å²) in [5, 5.41) is 13.8. The molecule has 0 atom stereocenters. The number of amides is 2. The van der Waals surface area contributed by atoms with Crippen molar-refractivity contribution in [3.63, 3.8) is 0 Å². The molecule has 0 bridgehead atoms. The van der Waals surface area contributed by atoms with Crippen molar-refractivity contribution in [2.45, 2.75) is 19.8 Å². The van der Waals surface area contributed by atoms with Crippen molar-refractivity contribution < 1.29 is 19.1 Å². The summed E-state index contributed by atoms with van der Waals surface area (Å²) in [4.78, 5) is 22.5. The monoisotopic (exact) mass is 266 g/mol. The van der Waals surface area contributed by atoms with Crippen molar-refractivity contribution >= 4 is 17.7 Å². The molecule has 2 rings (SSSR count). The first-order valence-corrected chi connectivity index (χ1v) is 5.97. The van der Waals surface area contributed by atoms with Gasteiger partial charge in [0.1, 0.15) is 5.82 Å². The lowest BCUT2D eigenvalue weighted by atomic mass is 10.1. The average molecular weight is 266 g/mol. The Morgan fingerprint density at radius 1 is 1.42 bits per heavy atom. The molecule has 0 aromatic heterocycles. The number of benzene rings is 1. The fraction of sp³-hybridized carbons (Fsp3) is 0.385. The molecule has 1 aromatic carbocycles. The molecule has 6 heteroatoms. The second kappa shape index (κ2) is 4.87. The number of aliphatic carboxylic acids is 1. The normalized spacial score (nSPS) is 15.7. The first-order chi connectivity index (χ1) is 8.93. The van der Waals surface area contributed by atoms with E-state index < -0.39 is 23.2 Å². The number of carboxylic acids is 1. The number of urea groups is 1. The van der Waals surface area contributed by atoms with Gasteiger partial charge in [0.05, 0.1) is 11.1 Å². The molecular formula is C13H15FN2O3. The van der Waals surface area contributed by atoms with E-state index in [0.29, 0.717) is 12.8 Å². The predicted molar refractivity (Wildman–Crippen MR) is 67.5 cm³/mol. The van der Waals surface area contributed by atoms with Crippen LogP contribution in [0.5, 0.6) is 0 Å². The van der Waals surface area contributed by atoms with Gasteiger partial charge >= 0.3 is 12.0 Å². The number of carbonyl (C=O) groups excluding carboxylic acids is 1. The number of carbonyl (C=O) groups is 2. The molecule has 0 saturated heterocycles. The number of hydrogen-bond donors (Lipinski definition) is 3. The summed E-state index contributed by atoms with van der Waals surface area (Å²) < 4.78 is 13.4. The smallest absolute Gasteiger partial charge is 0.319 e. The lowest BCUT2D eigenvalue weighted by molar-refractivity contribution is -0.143. The van der Waals surface area contributed by atoms with Gasteiger partial charge in [-0.15, -0.1) is 0 Å². The molecule has 1 fully saturated rings. The average Bonchev–Trinajstić information content (AvgIpc) is 3.12. The van der Waals surface area contributed by atoms with E-state index in [1.165, 1.54) is 12.1 Å². The van der Waals surface area contributed by atoms with Crippen molar-refractivity contribution in [2.24, 2.45) is 5.41 Å². The number of hydrogen-bond acceptors (Lipinski definition) is 2. The van der Waals surface area contributed by atoms with E-state index in [1.807, 2.05) is 0 Å². The van der Waals surface area contributed by atoms with Crippen LogP contribution in [0.25, 0.3) is 0 Å². The molecule has 1 aliphatic carbocycles. The maximum atomic E-state index is 13.4. The summed E-state index contributed by atoms with van der Waals surface area (Å²) in [6.45, 7) is 1.84. The van der Waals surface area contributed by atoms with E-state index in [2.05, 4.69) is 10.6 Å². The number of rotatable bonds is 4. The highest BCUT2D eigenvalue weighted by Gasteiger charge is 2.50. The Bertz CT molecular complexity index is 527. The third-order valence-corrected chi connectivity index (χ3v) is 3.26. The Morgan fingerprint density at radius 3 is 2.68 bits per heavy atom. The molecule has 2 amide bonds. The van der Waals surface area contributed by atoms with Crippen LogP contribution in [0.3, 0.4) is 0 Å². The van der Waals surface area contributed by atoms with Gasteiger partial charge in [-0.05, 0) is 37.5 Å². The third-order valence-electron chi connectivity index (χ3n) is 3.26. The summed E-state index contributed by atoms with van der Waals surface area (Å²) in [5.41, 5.74) is 0.0706. The van der Waals surface area contributed by atoms with Gasteiger partial charge in [-0.1, -0.05) is 6.07 Å². The fourth-order valence-electron chi connectivity index (χ4n) is 1.77. The number of halogens is 1. The minimum absolute atomic E-state index is 0.0571. The van der Waals surface area contributed by atoms with Crippen LogP contribution in [-0.4, -0.2) is 23.7 Å². The van der Waals surface area contributed by atoms with E-state index >= 15 is 0 Å². The Morgan fingerprint density at radius 2 is 2.11 bits per heavy atom. The molecule has 5 nitrogen and oxygen atoms in total. The third kappa shape index (κ3) is 3.01. The Labute approximate surface area is 109 Å². The minimum atomic E-state index is -0.908. The summed E-state index contributed by atoms with van der Waals surface area (Å²) in [6, 6.07) is 3.78. The Kier molecular flexibility index (Phi) is 3.42. The van der Waals surface area contributed by atoms with Gasteiger partial charge in [-0.25, -0.2) is 9.18 Å². The lowest BCUT2D eigenvalue weighted by Crippen LogP contribution is -2.37. The molecule has 19 heavy (non-hydrogen) atoms. The van der Waals surface area contributed by atoms with Crippen molar-refractivity contribution in [2.75, 3.05) is 11.9 Å². The molecule has 102 valence electrons. The van der Waals surface area contributed by atoms with Crippen LogP contribution in [0.15, 0.2) is 18.2 Å². The number of anilines is 1. The number of aryl methyl sites for hydroxylation is 1. The first kappa shape index (κ1) is 13.3. The molecule has 1 aliphatic rings. The zero-order valence-corrected chi connectivity index (χ0v) is 10.5. The summed E-state index contributed by atoms with van der Waals surface area (Å²) in [7, 11) is 0. The van der Waals surface area contributed by atoms with Crippen LogP contribution in [0, 0.1) is 18.2 Å². The molecule has 0 aliphatic heterocycles. The highest BCUT2D eigenvalue weighted by Crippen LogP contribution is 2.45. The van der Waals surface area contributed by atoms with Crippen molar-refractivity contribution in [1.82, 2.24) is 5.32 Å². The van der Waals surface area contributed by atoms with Crippen LogP contribution in [0.4, 0.5) is 14.9 Å². The first-order valence-electron chi connectivity index (χ1n) is 5.97. The maximum absolute atomic E-state index is 13.4. The van der Waals surface area contributed by atoms with Crippen LogP contribution >= 0.6 is 0 Å². The van der Waals surface area contributed by atoms with Crippen molar-refractivity contribution in [3.8, 4) is 0 Å². The van der Waals surface area contributed by atoms with E-state index in [-0.39, 0.29) is 12.2 Å². The van der Waals surface area contributed by atoms with Crippen LogP contribution in [0.1, 0.15) is 18.4 Å². The van der Waals surface area contributed by atoms with Gasteiger partial charge in [-0.3, -0.25) is 4.79 Å². The second-order valence-electron chi connectivity index (χ2n) is 4.88. The summed E-state index contributed by atoms with van der Waals surface area (Å²) >= 11 is 0. The van der Waals surface area contributed by atoms with Gasteiger partial charge in [0.2, 0.25) is 0 Å². The molecule has 1 aromatic rings. The van der Waals surface area contributed by atoms with Gasteiger partial charge in [-0.2, -0.15) is 0 Å². The molecule has 0 spiro atoms. The topological polar surface area (TPSA) is 78.4 Å². The van der Waals surface area contributed by atoms with Crippen molar-refractivity contribution in [1.29, 1.82) is 0 Å². The fourth-order valence-corrected chi connectivity index (χ4v) is 1.77.